The Balaban J connectivity index is 1.46. The standard InChI is InChI=1S/C19H28N4O2/c20-14-17-2-4-18(5-3-17)23-7-1-6-21(8-9-23)15-19(24)16-22-10-12-25-13-11-22/h2-5,19,24H,1,6-13,15-16H2. The highest BCUT2D eigenvalue weighted by Crippen LogP contribution is 2.17. The molecule has 2 fully saturated rings. The average molecular weight is 344 g/mol. The summed E-state index contributed by atoms with van der Waals surface area (Å²) in [5.74, 6) is 0. The summed E-state index contributed by atoms with van der Waals surface area (Å²) in [7, 11) is 0. The van der Waals surface area contributed by atoms with E-state index in [9.17, 15) is 5.11 Å². The van der Waals surface area contributed by atoms with E-state index in [-0.39, 0.29) is 6.10 Å². The number of β-amino-alcohol motifs (C(OH)–C–C–N with tert-alkyl or cyclic N) is 1. The molecule has 1 unspecified atom stereocenters. The molecule has 0 bridgehead atoms. The number of aliphatic hydroxyl groups excluding tert-OH is 1. The normalized spacial score (nSPS) is 21.5. The first kappa shape index (κ1) is 18.2. The summed E-state index contributed by atoms with van der Waals surface area (Å²) in [6.45, 7) is 8.81. The van der Waals surface area contributed by atoms with E-state index in [1.165, 1.54) is 5.69 Å². The van der Waals surface area contributed by atoms with Crippen molar-refractivity contribution in [1.29, 1.82) is 5.26 Å². The van der Waals surface area contributed by atoms with Crippen LogP contribution in [0.2, 0.25) is 0 Å². The summed E-state index contributed by atoms with van der Waals surface area (Å²) >= 11 is 0. The first-order valence-corrected chi connectivity index (χ1v) is 9.20. The summed E-state index contributed by atoms with van der Waals surface area (Å²) in [5, 5.41) is 19.3. The van der Waals surface area contributed by atoms with Crippen molar-refractivity contribution in [3.63, 3.8) is 0 Å². The van der Waals surface area contributed by atoms with Crippen LogP contribution < -0.4 is 4.90 Å². The van der Waals surface area contributed by atoms with E-state index in [0.29, 0.717) is 5.56 Å². The van der Waals surface area contributed by atoms with Crippen LogP contribution in [0, 0.1) is 11.3 Å². The van der Waals surface area contributed by atoms with Crippen LogP contribution >= 0.6 is 0 Å². The van der Waals surface area contributed by atoms with Crippen LogP contribution in [-0.2, 0) is 4.74 Å². The molecule has 25 heavy (non-hydrogen) atoms. The van der Waals surface area contributed by atoms with Crippen LogP contribution in [-0.4, -0.2) is 86.6 Å². The molecule has 0 aromatic heterocycles. The van der Waals surface area contributed by atoms with Gasteiger partial charge in [0.1, 0.15) is 0 Å². The van der Waals surface area contributed by atoms with Gasteiger partial charge < -0.3 is 14.7 Å². The zero-order chi connectivity index (χ0) is 17.5. The molecule has 2 saturated heterocycles. The van der Waals surface area contributed by atoms with Gasteiger partial charge in [0.15, 0.2) is 0 Å². The van der Waals surface area contributed by atoms with E-state index in [1.807, 2.05) is 24.3 Å². The Morgan fingerprint density at radius 3 is 2.32 bits per heavy atom. The van der Waals surface area contributed by atoms with Gasteiger partial charge in [-0.15, -0.1) is 0 Å². The molecule has 136 valence electrons. The van der Waals surface area contributed by atoms with Crippen molar-refractivity contribution in [1.82, 2.24) is 9.80 Å². The minimum atomic E-state index is -0.306. The van der Waals surface area contributed by atoms with Crippen LogP contribution in [0.3, 0.4) is 0 Å². The summed E-state index contributed by atoms with van der Waals surface area (Å²) in [4.78, 5) is 7.03. The van der Waals surface area contributed by atoms with Gasteiger partial charge in [-0.3, -0.25) is 9.80 Å². The largest absolute Gasteiger partial charge is 0.390 e. The van der Waals surface area contributed by atoms with Crippen molar-refractivity contribution < 1.29 is 9.84 Å². The molecule has 6 nitrogen and oxygen atoms in total. The number of nitriles is 1. The van der Waals surface area contributed by atoms with Crippen molar-refractivity contribution in [3.8, 4) is 6.07 Å². The molecule has 0 amide bonds. The van der Waals surface area contributed by atoms with E-state index >= 15 is 0 Å². The predicted octanol–water partition coefficient (Wildman–Crippen LogP) is 0.763. The molecular formula is C19H28N4O2. The third-order valence-electron chi connectivity index (χ3n) is 4.99. The molecule has 2 aliphatic rings. The van der Waals surface area contributed by atoms with Crippen molar-refractivity contribution in [2.24, 2.45) is 0 Å². The lowest BCUT2D eigenvalue weighted by Crippen LogP contribution is -2.45. The molecule has 2 aliphatic heterocycles. The van der Waals surface area contributed by atoms with Gasteiger partial charge in [0.25, 0.3) is 0 Å². The van der Waals surface area contributed by atoms with Crippen molar-refractivity contribution in [2.75, 3.05) is 70.5 Å². The van der Waals surface area contributed by atoms with Crippen LogP contribution in [0.5, 0.6) is 0 Å². The highest BCUT2D eigenvalue weighted by atomic mass is 16.5. The summed E-state index contributed by atoms with van der Waals surface area (Å²) < 4.78 is 5.36. The fraction of sp³-hybridized carbons (Fsp3) is 0.632. The summed E-state index contributed by atoms with van der Waals surface area (Å²) in [6, 6.07) is 9.98. The Hall–Kier alpha value is -1.65. The highest BCUT2D eigenvalue weighted by Gasteiger charge is 2.20. The maximum Gasteiger partial charge on any atom is 0.0991 e. The molecule has 0 radical (unpaired) electrons. The van der Waals surface area contributed by atoms with Crippen molar-refractivity contribution >= 4 is 5.69 Å². The van der Waals surface area contributed by atoms with E-state index in [0.717, 1.165) is 72.0 Å². The lowest BCUT2D eigenvalue weighted by atomic mass is 10.2. The molecule has 1 aromatic rings. The van der Waals surface area contributed by atoms with Gasteiger partial charge in [0.05, 0.1) is 31.0 Å². The molecule has 6 heteroatoms. The maximum atomic E-state index is 10.4. The van der Waals surface area contributed by atoms with Gasteiger partial charge in [-0.2, -0.15) is 5.26 Å². The number of anilines is 1. The topological polar surface area (TPSA) is 63.0 Å². The van der Waals surface area contributed by atoms with Crippen LogP contribution in [0.15, 0.2) is 24.3 Å². The van der Waals surface area contributed by atoms with E-state index in [4.69, 9.17) is 10.00 Å². The molecular weight excluding hydrogens is 316 g/mol. The molecule has 0 aliphatic carbocycles. The number of hydrogen-bond donors (Lipinski definition) is 1. The third-order valence-corrected chi connectivity index (χ3v) is 4.99. The highest BCUT2D eigenvalue weighted by molar-refractivity contribution is 5.49. The maximum absolute atomic E-state index is 10.4. The Bertz CT molecular complexity index is 566. The summed E-state index contributed by atoms with van der Waals surface area (Å²) in [6.07, 6.45) is 0.782. The Labute approximate surface area is 150 Å². The van der Waals surface area contributed by atoms with Crippen molar-refractivity contribution in [3.05, 3.63) is 29.8 Å². The van der Waals surface area contributed by atoms with Gasteiger partial charge in [-0.05, 0) is 37.2 Å². The fourth-order valence-corrected chi connectivity index (χ4v) is 3.60. The molecule has 2 heterocycles. The smallest absolute Gasteiger partial charge is 0.0991 e. The second-order valence-corrected chi connectivity index (χ2v) is 6.87. The zero-order valence-electron chi connectivity index (χ0n) is 14.8. The van der Waals surface area contributed by atoms with Gasteiger partial charge in [-0.1, -0.05) is 0 Å². The van der Waals surface area contributed by atoms with Gasteiger partial charge in [-0.25, -0.2) is 0 Å². The van der Waals surface area contributed by atoms with Gasteiger partial charge in [0, 0.05) is 51.5 Å². The first-order chi connectivity index (χ1) is 12.2. The number of morpholine rings is 1. The lowest BCUT2D eigenvalue weighted by Gasteiger charge is -2.30. The molecule has 1 aromatic carbocycles. The molecule has 3 rings (SSSR count). The Kier molecular flexibility index (Phi) is 6.65. The second-order valence-electron chi connectivity index (χ2n) is 6.87. The van der Waals surface area contributed by atoms with E-state index in [2.05, 4.69) is 20.8 Å². The third kappa shape index (κ3) is 5.41. The summed E-state index contributed by atoms with van der Waals surface area (Å²) in [5.41, 5.74) is 1.88. The van der Waals surface area contributed by atoms with Crippen molar-refractivity contribution in [2.45, 2.75) is 12.5 Å². The first-order valence-electron chi connectivity index (χ1n) is 9.20. The second kappa shape index (κ2) is 9.16. The molecule has 1 N–H and O–H groups in total. The number of hydrogen-bond acceptors (Lipinski definition) is 6. The molecule has 0 spiro atoms. The Morgan fingerprint density at radius 2 is 1.64 bits per heavy atom. The minimum absolute atomic E-state index is 0.306. The number of nitrogens with zero attached hydrogens (tertiary/aromatic N) is 4. The quantitative estimate of drug-likeness (QED) is 0.851. The monoisotopic (exact) mass is 344 g/mol. The minimum Gasteiger partial charge on any atom is -0.390 e. The van der Waals surface area contributed by atoms with Gasteiger partial charge in [0.2, 0.25) is 0 Å². The molecule has 0 saturated carbocycles. The fourth-order valence-electron chi connectivity index (χ4n) is 3.60. The average Bonchev–Trinajstić information content (AvgIpc) is 2.88. The van der Waals surface area contributed by atoms with E-state index < -0.39 is 0 Å². The lowest BCUT2D eigenvalue weighted by molar-refractivity contribution is 0.00742. The SMILES string of the molecule is N#Cc1ccc(N2CCCN(CC(O)CN3CCOCC3)CC2)cc1. The Morgan fingerprint density at radius 1 is 0.960 bits per heavy atom. The van der Waals surface area contributed by atoms with Gasteiger partial charge >= 0.3 is 0 Å². The zero-order valence-corrected chi connectivity index (χ0v) is 14.8. The number of ether oxygens (including phenoxy) is 1. The molecule has 1 atom stereocenters. The van der Waals surface area contributed by atoms with Crippen LogP contribution in [0.25, 0.3) is 0 Å². The number of aliphatic hydroxyl groups is 1. The van der Waals surface area contributed by atoms with Crippen LogP contribution in [0.1, 0.15) is 12.0 Å². The predicted molar refractivity (Wildman–Crippen MR) is 97.7 cm³/mol. The number of benzene rings is 1. The number of rotatable bonds is 5. The van der Waals surface area contributed by atoms with Crippen LogP contribution in [0.4, 0.5) is 5.69 Å². The van der Waals surface area contributed by atoms with E-state index in [1.54, 1.807) is 0 Å².